The van der Waals surface area contributed by atoms with Gasteiger partial charge in [-0.05, 0) is 59.0 Å². The number of halogens is 1. The molecule has 0 aliphatic carbocycles. The van der Waals surface area contributed by atoms with E-state index in [0.717, 1.165) is 75.8 Å². The first kappa shape index (κ1) is 27.7. The molecule has 7 heteroatoms. The molecular formula is C32H33ClN4O2. The van der Waals surface area contributed by atoms with Crippen LogP contribution in [-0.2, 0) is 0 Å². The summed E-state index contributed by atoms with van der Waals surface area (Å²) in [4.78, 5) is 4.56. The average Bonchev–Trinajstić information content (AvgIpc) is 3.25. The Balaban J connectivity index is 0.00000353. The summed E-state index contributed by atoms with van der Waals surface area (Å²) < 4.78 is 11.1. The maximum atomic E-state index is 5.57. The molecule has 4 aromatic carbocycles. The minimum absolute atomic E-state index is 0. The van der Waals surface area contributed by atoms with Crippen LogP contribution in [0.25, 0.3) is 33.7 Å². The number of hydrogen-bond donors (Lipinski definition) is 2. The lowest BCUT2D eigenvalue weighted by Crippen LogP contribution is -2.34. The highest BCUT2D eigenvalue weighted by Gasteiger charge is 2.06. The van der Waals surface area contributed by atoms with Crippen molar-refractivity contribution < 1.29 is 9.47 Å². The number of nitrogens with zero attached hydrogens (tertiary/aromatic N) is 2. The largest absolute Gasteiger partial charge is 0.496 e. The number of hydrogen-bond acceptors (Lipinski definition) is 6. The molecule has 39 heavy (non-hydrogen) atoms. The van der Waals surface area contributed by atoms with Crippen molar-refractivity contribution in [3.05, 3.63) is 96.1 Å². The van der Waals surface area contributed by atoms with Gasteiger partial charge in [0.05, 0.1) is 19.9 Å². The van der Waals surface area contributed by atoms with Gasteiger partial charge in [0.1, 0.15) is 11.5 Å². The van der Waals surface area contributed by atoms with E-state index < -0.39 is 0 Å². The summed E-state index contributed by atoms with van der Waals surface area (Å²) in [5.74, 6) is 2.42. The first-order chi connectivity index (χ1) is 18.8. The monoisotopic (exact) mass is 540 g/mol. The van der Waals surface area contributed by atoms with Gasteiger partial charge in [-0.1, -0.05) is 72.8 Å². The number of ether oxygens (including phenoxy) is 2. The van der Waals surface area contributed by atoms with Crippen LogP contribution in [0, 0.1) is 0 Å². The van der Waals surface area contributed by atoms with Crippen LogP contribution in [0.5, 0.6) is 11.5 Å². The Bertz CT molecular complexity index is 1460. The molecule has 1 aliphatic heterocycles. The van der Waals surface area contributed by atoms with Crippen molar-refractivity contribution in [2.45, 2.75) is 12.8 Å². The summed E-state index contributed by atoms with van der Waals surface area (Å²) in [7, 11) is 3.40. The van der Waals surface area contributed by atoms with E-state index in [1.54, 1.807) is 14.2 Å². The van der Waals surface area contributed by atoms with Gasteiger partial charge in [0.25, 0.3) is 0 Å². The van der Waals surface area contributed by atoms with Gasteiger partial charge in [0.15, 0.2) is 0 Å². The molecule has 5 rings (SSSR count). The van der Waals surface area contributed by atoms with Crippen molar-refractivity contribution in [3.63, 3.8) is 0 Å². The molecule has 0 saturated carbocycles. The summed E-state index contributed by atoms with van der Waals surface area (Å²) in [6.07, 6.45) is 10.4. The normalized spacial score (nSPS) is 13.4. The third kappa shape index (κ3) is 6.59. The number of fused-ring (bicyclic) bond motifs is 2. The molecule has 0 bridgehead atoms. The predicted molar refractivity (Wildman–Crippen MR) is 166 cm³/mol. The van der Waals surface area contributed by atoms with Gasteiger partial charge in [0, 0.05) is 23.9 Å². The molecule has 1 heterocycles. The number of hydrazone groups is 1. The van der Waals surface area contributed by atoms with Gasteiger partial charge in [0.2, 0.25) is 5.96 Å². The fourth-order valence-electron chi connectivity index (χ4n) is 4.60. The van der Waals surface area contributed by atoms with Crippen molar-refractivity contribution in [2.24, 2.45) is 10.1 Å². The second kappa shape index (κ2) is 13.5. The third-order valence-electron chi connectivity index (χ3n) is 6.58. The number of rotatable bonds is 7. The number of guanidine groups is 1. The quantitative estimate of drug-likeness (QED) is 0.199. The zero-order valence-corrected chi connectivity index (χ0v) is 23.0. The van der Waals surface area contributed by atoms with Crippen LogP contribution in [0.1, 0.15) is 24.0 Å². The van der Waals surface area contributed by atoms with Gasteiger partial charge in [-0.15, -0.1) is 12.4 Å². The van der Waals surface area contributed by atoms with Crippen LogP contribution in [0.15, 0.2) is 95.0 Å². The summed E-state index contributed by atoms with van der Waals surface area (Å²) in [5.41, 5.74) is 6.06. The van der Waals surface area contributed by atoms with E-state index in [1.165, 1.54) is 0 Å². The van der Waals surface area contributed by atoms with Crippen LogP contribution in [0.3, 0.4) is 0 Å². The van der Waals surface area contributed by atoms with E-state index in [1.807, 2.05) is 48.6 Å². The maximum absolute atomic E-state index is 5.57. The predicted octanol–water partition coefficient (Wildman–Crippen LogP) is 6.84. The summed E-state index contributed by atoms with van der Waals surface area (Å²) >= 11 is 0. The third-order valence-corrected chi connectivity index (χ3v) is 6.58. The van der Waals surface area contributed by atoms with Gasteiger partial charge in [-0.2, -0.15) is 5.10 Å². The molecule has 0 amide bonds. The Hall–Kier alpha value is -4.29. The van der Waals surface area contributed by atoms with Crippen LogP contribution >= 0.6 is 12.4 Å². The molecule has 6 nitrogen and oxygen atoms in total. The van der Waals surface area contributed by atoms with Crippen molar-refractivity contribution >= 4 is 57.8 Å². The van der Waals surface area contributed by atoms with Gasteiger partial charge < -0.3 is 14.8 Å². The van der Waals surface area contributed by atoms with Gasteiger partial charge >= 0.3 is 0 Å². The smallest absolute Gasteiger partial charge is 0.212 e. The topological polar surface area (TPSA) is 67.2 Å². The molecule has 0 atom stereocenters. The molecule has 0 unspecified atom stereocenters. The van der Waals surface area contributed by atoms with Crippen LogP contribution in [0.2, 0.25) is 0 Å². The highest BCUT2D eigenvalue weighted by Crippen LogP contribution is 2.30. The second-order valence-corrected chi connectivity index (χ2v) is 8.98. The van der Waals surface area contributed by atoms with Crippen LogP contribution < -0.4 is 20.2 Å². The van der Waals surface area contributed by atoms with Crippen molar-refractivity contribution in [2.75, 3.05) is 27.3 Å². The Morgan fingerprint density at radius 3 is 1.85 bits per heavy atom. The highest BCUT2D eigenvalue weighted by molar-refractivity contribution is 6.11. The zero-order chi connectivity index (χ0) is 26.2. The minimum Gasteiger partial charge on any atom is -0.496 e. The Morgan fingerprint density at radius 1 is 0.769 bits per heavy atom. The number of methoxy groups -OCH3 is 2. The standard InChI is InChI=1S/C32H32N4O2.ClH/c1-37-30-19-15-23(26-9-3-5-11-28(26)30)13-17-25(35-36-32-33-21-7-8-22-34-32)18-14-24-16-20-31(38-2)29-12-6-4-10-27(24)29;/h3-6,9-20H,7-8,21-22H2,1-2H3,(H2,33,34,36);1H. The SMILES string of the molecule is COc1ccc(C=CC(C=Cc2ccc(OC)c3ccccc23)=NNC2=NCCCCN2)c2ccccc12.Cl. The maximum Gasteiger partial charge on any atom is 0.212 e. The van der Waals surface area contributed by atoms with E-state index in [2.05, 4.69) is 64.3 Å². The molecule has 0 saturated heterocycles. The molecule has 1 aliphatic rings. The lowest BCUT2D eigenvalue weighted by molar-refractivity contribution is 0.419. The van der Waals surface area contributed by atoms with E-state index in [0.29, 0.717) is 5.96 Å². The number of benzene rings is 4. The van der Waals surface area contributed by atoms with Crippen molar-refractivity contribution in [1.29, 1.82) is 0 Å². The number of nitrogens with one attached hydrogen (secondary N) is 2. The molecular weight excluding hydrogens is 508 g/mol. The minimum atomic E-state index is 0. The summed E-state index contributed by atoms with van der Waals surface area (Å²) in [5, 5.41) is 12.4. The number of aliphatic imine (C=N–C) groups is 1. The van der Waals surface area contributed by atoms with E-state index in [-0.39, 0.29) is 12.4 Å². The molecule has 2 N–H and O–H groups in total. The Morgan fingerprint density at radius 2 is 1.31 bits per heavy atom. The molecule has 0 aromatic heterocycles. The van der Waals surface area contributed by atoms with Crippen LogP contribution in [0.4, 0.5) is 0 Å². The number of allylic oxidation sites excluding steroid dienone is 2. The molecule has 0 spiro atoms. The van der Waals surface area contributed by atoms with Crippen molar-refractivity contribution in [3.8, 4) is 11.5 Å². The molecule has 200 valence electrons. The zero-order valence-electron chi connectivity index (χ0n) is 22.2. The lowest BCUT2D eigenvalue weighted by Gasteiger charge is -2.09. The van der Waals surface area contributed by atoms with Crippen molar-refractivity contribution in [1.82, 2.24) is 10.7 Å². The Kier molecular flexibility index (Phi) is 9.59. The summed E-state index contributed by atoms with van der Waals surface area (Å²) in [6.45, 7) is 1.68. The fraction of sp³-hybridized carbons (Fsp3) is 0.188. The molecule has 4 aromatic rings. The average molecular weight is 541 g/mol. The van der Waals surface area contributed by atoms with Gasteiger partial charge in [-0.3, -0.25) is 4.99 Å². The van der Waals surface area contributed by atoms with Crippen LogP contribution in [-0.4, -0.2) is 39.0 Å². The first-order valence-electron chi connectivity index (χ1n) is 12.9. The summed E-state index contributed by atoms with van der Waals surface area (Å²) in [6, 6.07) is 24.6. The van der Waals surface area contributed by atoms with E-state index in [9.17, 15) is 0 Å². The van der Waals surface area contributed by atoms with E-state index in [4.69, 9.17) is 14.6 Å². The molecule has 0 fully saturated rings. The lowest BCUT2D eigenvalue weighted by atomic mass is 10.0. The fourth-order valence-corrected chi connectivity index (χ4v) is 4.60. The first-order valence-corrected chi connectivity index (χ1v) is 12.9. The van der Waals surface area contributed by atoms with E-state index >= 15 is 0 Å². The highest BCUT2D eigenvalue weighted by atomic mass is 35.5. The second-order valence-electron chi connectivity index (χ2n) is 8.98. The molecule has 0 radical (unpaired) electrons. The van der Waals surface area contributed by atoms with Gasteiger partial charge in [-0.25, -0.2) is 5.43 Å². The Labute approximate surface area is 235 Å².